The summed E-state index contributed by atoms with van der Waals surface area (Å²) in [6.07, 6.45) is 3.09. The van der Waals surface area contributed by atoms with Gasteiger partial charge >= 0.3 is 0 Å². The van der Waals surface area contributed by atoms with E-state index in [1.165, 1.54) is 23.2 Å². The molecule has 0 amide bonds. The number of ether oxygens (including phenoxy) is 1. The lowest BCUT2D eigenvalue weighted by Crippen LogP contribution is -2.43. The van der Waals surface area contributed by atoms with Crippen LogP contribution < -0.4 is 5.19 Å². The Labute approximate surface area is 129 Å². The summed E-state index contributed by atoms with van der Waals surface area (Å²) in [5, 5.41) is 1.54. The Morgan fingerprint density at radius 2 is 1.52 bits per heavy atom. The van der Waals surface area contributed by atoms with E-state index in [2.05, 4.69) is 73.8 Å². The van der Waals surface area contributed by atoms with E-state index in [1.54, 1.807) is 0 Å². The van der Waals surface area contributed by atoms with Crippen molar-refractivity contribution in [2.75, 3.05) is 0 Å². The average Bonchev–Trinajstić information content (AvgIpc) is 2.97. The Kier molecular flexibility index (Phi) is 4.27. The third kappa shape index (κ3) is 3.45. The van der Waals surface area contributed by atoms with Crippen LogP contribution in [0.1, 0.15) is 24.5 Å². The first-order chi connectivity index (χ1) is 10.1. The normalized spacial score (nSPS) is 22.4. The van der Waals surface area contributed by atoms with Crippen molar-refractivity contribution in [2.45, 2.75) is 44.2 Å². The van der Waals surface area contributed by atoms with Crippen LogP contribution in [0.5, 0.6) is 0 Å². The molecular weight excluding hydrogens is 272 g/mol. The van der Waals surface area contributed by atoms with Gasteiger partial charge in [-0.05, 0) is 24.4 Å². The van der Waals surface area contributed by atoms with E-state index in [-0.39, 0.29) is 0 Å². The smallest absolute Gasteiger partial charge is 0.0831 e. The molecule has 21 heavy (non-hydrogen) atoms. The van der Waals surface area contributed by atoms with Gasteiger partial charge in [0.15, 0.2) is 0 Å². The summed E-state index contributed by atoms with van der Waals surface area (Å²) < 4.78 is 6.34. The standard InChI is InChI=1S/C19H24OSi/c1-21(2,18-11-7-4-8-12-18)15-17-13-14-19(20-17)16-9-5-3-6-10-16/h3-12,17,19H,13-15H2,1-2H3. The Balaban J connectivity index is 1.65. The molecule has 0 N–H and O–H groups in total. The highest BCUT2D eigenvalue weighted by atomic mass is 28.3. The molecule has 1 nitrogen and oxygen atoms in total. The van der Waals surface area contributed by atoms with Crippen molar-refractivity contribution in [1.29, 1.82) is 0 Å². The van der Waals surface area contributed by atoms with Crippen LogP contribution in [-0.4, -0.2) is 14.2 Å². The summed E-state index contributed by atoms with van der Waals surface area (Å²) in [6, 6.07) is 22.9. The monoisotopic (exact) mass is 296 g/mol. The predicted molar refractivity (Wildman–Crippen MR) is 91.7 cm³/mol. The second-order valence-electron chi connectivity index (χ2n) is 6.69. The van der Waals surface area contributed by atoms with Crippen LogP contribution in [0.3, 0.4) is 0 Å². The molecular formula is C19H24OSi. The molecule has 2 unspecified atom stereocenters. The van der Waals surface area contributed by atoms with Gasteiger partial charge in [0, 0.05) is 0 Å². The zero-order chi connectivity index (χ0) is 14.7. The lowest BCUT2D eigenvalue weighted by molar-refractivity contribution is 0.0549. The largest absolute Gasteiger partial charge is 0.371 e. The molecule has 0 saturated carbocycles. The Morgan fingerprint density at radius 1 is 0.905 bits per heavy atom. The van der Waals surface area contributed by atoms with Gasteiger partial charge in [0.2, 0.25) is 0 Å². The first kappa shape index (κ1) is 14.5. The molecule has 1 aliphatic rings. The molecule has 1 aliphatic heterocycles. The van der Waals surface area contributed by atoms with Crippen LogP contribution in [0.25, 0.3) is 0 Å². The fourth-order valence-electron chi connectivity index (χ4n) is 3.35. The number of hydrogen-bond donors (Lipinski definition) is 0. The molecule has 1 heterocycles. The summed E-state index contributed by atoms with van der Waals surface area (Å²) >= 11 is 0. The van der Waals surface area contributed by atoms with Gasteiger partial charge in [-0.1, -0.05) is 78.9 Å². The van der Waals surface area contributed by atoms with Crippen LogP contribution >= 0.6 is 0 Å². The molecule has 0 aromatic heterocycles. The highest BCUT2D eigenvalue weighted by molar-refractivity contribution is 6.89. The lowest BCUT2D eigenvalue weighted by Gasteiger charge is -2.26. The van der Waals surface area contributed by atoms with E-state index in [4.69, 9.17) is 4.74 Å². The molecule has 3 rings (SSSR count). The second kappa shape index (κ2) is 6.16. The SMILES string of the molecule is C[Si](C)(CC1CCC(c2ccccc2)O1)c1ccccc1. The van der Waals surface area contributed by atoms with E-state index in [0.29, 0.717) is 12.2 Å². The zero-order valence-electron chi connectivity index (χ0n) is 13.0. The highest BCUT2D eigenvalue weighted by Crippen LogP contribution is 2.35. The molecule has 2 aromatic carbocycles. The lowest BCUT2D eigenvalue weighted by atomic mass is 10.1. The zero-order valence-corrected chi connectivity index (χ0v) is 14.0. The van der Waals surface area contributed by atoms with Gasteiger partial charge < -0.3 is 4.74 Å². The summed E-state index contributed by atoms with van der Waals surface area (Å²) in [5.41, 5.74) is 1.33. The van der Waals surface area contributed by atoms with Gasteiger partial charge in [-0.3, -0.25) is 0 Å². The first-order valence-electron chi connectivity index (χ1n) is 7.91. The minimum absolute atomic E-state index is 0.303. The Bertz CT molecular complexity index is 565. The maximum Gasteiger partial charge on any atom is 0.0831 e. The van der Waals surface area contributed by atoms with Gasteiger partial charge in [0.05, 0.1) is 20.3 Å². The van der Waals surface area contributed by atoms with Crippen molar-refractivity contribution < 1.29 is 4.74 Å². The van der Waals surface area contributed by atoms with Gasteiger partial charge in [-0.2, -0.15) is 0 Å². The molecule has 2 aromatic rings. The van der Waals surface area contributed by atoms with Crippen LogP contribution in [0.2, 0.25) is 19.1 Å². The van der Waals surface area contributed by atoms with Crippen molar-refractivity contribution in [3.05, 3.63) is 66.2 Å². The van der Waals surface area contributed by atoms with E-state index in [0.717, 1.165) is 6.42 Å². The minimum atomic E-state index is -1.40. The summed E-state index contributed by atoms with van der Waals surface area (Å²) in [6.45, 7) is 4.92. The van der Waals surface area contributed by atoms with Crippen molar-refractivity contribution in [1.82, 2.24) is 0 Å². The maximum atomic E-state index is 6.34. The van der Waals surface area contributed by atoms with Crippen LogP contribution in [0.15, 0.2) is 60.7 Å². The van der Waals surface area contributed by atoms with Gasteiger partial charge in [0.1, 0.15) is 0 Å². The van der Waals surface area contributed by atoms with Crippen LogP contribution in [-0.2, 0) is 4.74 Å². The van der Waals surface area contributed by atoms with E-state index in [1.807, 2.05) is 0 Å². The van der Waals surface area contributed by atoms with Crippen molar-refractivity contribution in [3.8, 4) is 0 Å². The molecule has 1 saturated heterocycles. The Morgan fingerprint density at radius 3 is 2.19 bits per heavy atom. The van der Waals surface area contributed by atoms with Crippen LogP contribution in [0.4, 0.5) is 0 Å². The van der Waals surface area contributed by atoms with Crippen molar-refractivity contribution >= 4 is 13.3 Å². The van der Waals surface area contributed by atoms with Crippen LogP contribution in [0, 0.1) is 0 Å². The van der Waals surface area contributed by atoms with E-state index >= 15 is 0 Å². The quantitative estimate of drug-likeness (QED) is 0.754. The molecule has 0 aliphatic carbocycles. The van der Waals surface area contributed by atoms with Gasteiger partial charge in [-0.25, -0.2) is 0 Å². The fraction of sp³-hybridized carbons (Fsp3) is 0.368. The first-order valence-corrected chi connectivity index (χ1v) is 11.1. The number of hydrogen-bond acceptors (Lipinski definition) is 1. The van der Waals surface area contributed by atoms with Crippen molar-refractivity contribution in [3.63, 3.8) is 0 Å². The molecule has 0 bridgehead atoms. The third-order valence-corrected chi connectivity index (χ3v) is 7.94. The molecule has 0 radical (unpaired) electrons. The molecule has 110 valence electrons. The third-order valence-electron chi connectivity index (χ3n) is 4.57. The Hall–Kier alpha value is -1.38. The molecule has 2 atom stereocenters. The summed E-state index contributed by atoms with van der Waals surface area (Å²) in [4.78, 5) is 0. The van der Waals surface area contributed by atoms with E-state index in [9.17, 15) is 0 Å². The average molecular weight is 296 g/mol. The van der Waals surface area contributed by atoms with Crippen molar-refractivity contribution in [2.24, 2.45) is 0 Å². The molecule has 2 heteroatoms. The summed E-state index contributed by atoms with van der Waals surface area (Å²) in [5.74, 6) is 0. The topological polar surface area (TPSA) is 9.23 Å². The second-order valence-corrected chi connectivity index (χ2v) is 11.4. The van der Waals surface area contributed by atoms with Gasteiger partial charge in [0.25, 0.3) is 0 Å². The molecule has 0 spiro atoms. The highest BCUT2D eigenvalue weighted by Gasteiger charge is 2.33. The fourth-order valence-corrected chi connectivity index (χ4v) is 6.11. The molecule has 1 fully saturated rings. The number of benzene rings is 2. The number of rotatable bonds is 4. The maximum absolute atomic E-state index is 6.34. The minimum Gasteiger partial charge on any atom is -0.371 e. The van der Waals surface area contributed by atoms with E-state index < -0.39 is 8.07 Å². The van der Waals surface area contributed by atoms with Gasteiger partial charge in [-0.15, -0.1) is 0 Å². The summed E-state index contributed by atoms with van der Waals surface area (Å²) in [7, 11) is -1.40. The predicted octanol–water partition coefficient (Wildman–Crippen LogP) is 4.52.